The third kappa shape index (κ3) is 3.72. The highest BCUT2D eigenvalue weighted by molar-refractivity contribution is 6.74. The van der Waals surface area contributed by atoms with E-state index < -0.39 is 15.9 Å². The molecule has 0 unspecified atom stereocenters. The average Bonchev–Trinajstić information content (AvgIpc) is 2.48. The van der Waals surface area contributed by atoms with Crippen LogP contribution in [0.2, 0.25) is 0 Å². The van der Waals surface area contributed by atoms with Crippen molar-refractivity contribution >= 4 is 33.7 Å². The average molecular weight is 321 g/mol. The Morgan fingerprint density at radius 3 is 1.33 bits per heavy atom. The lowest BCUT2D eigenvalue weighted by atomic mass is 9.78. The highest BCUT2D eigenvalue weighted by Gasteiger charge is 2.44. The molecule has 0 radical (unpaired) electrons. The minimum atomic E-state index is -1.44. The monoisotopic (exact) mass is 320 g/mol. The van der Waals surface area contributed by atoms with Crippen LogP contribution in [0, 0.1) is 5.41 Å². The largest absolute Gasteiger partial charge is 0.280 e. The maximum atomic E-state index is 12.0. The highest BCUT2D eigenvalue weighted by Crippen LogP contribution is 2.33. The Morgan fingerprint density at radius 2 is 1.05 bits per heavy atom. The van der Waals surface area contributed by atoms with Gasteiger partial charge >= 0.3 is 0 Å². The molecule has 0 saturated heterocycles. The molecule has 2 aromatic rings. The predicted octanol–water partition coefficient (Wildman–Crippen LogP) is 3.99. The van der Waals surface area contributed by atoms with Crippen LogP contribution < -0.4 is 0 Å². The van der Waals surface area contributed by atoms with Gasteiger partial charge < -0.3 is 0 Å². The molecule has 0 fully saturated rings. The van der Waals surface area contributed by atoms with Gasteiger partial charge in [0.05, 0.1) is 0 Å². The summed E-state index contributed by atoms with van der Waals surface area (Å²) in [6, 6.07) is 18.5. The van der Waals surface area contributed by atoms with Crippen molar-refractivity contribution < 1.29 is 9.59 Å². The van der Waals surface area contributed by atoms with E-state index >= 15 is 0 Å². The summed E-state index contributed by atoms with van der Waals surface area (Å²) in [5.74, 6) is 0. The first-order valence-corrected chi connectivity index (χ1v) is 7.28. The standard InChI is InChI=1S/C17H14Cl2O2/c18-15(20)17(16(19)21,11-13-7-3-1-4-8-13)12-14-9-5-2-6-10-14/h1-10H,11-12H2. The topological polar surface area (TPSA) is 34.1 Å². The number of carbonyl (C=O) groups excluding carboxylic acids is 2. The molecule has 0 aliphatic carbocycles. The number of rotatable bonds is 6. The lowest BCUT2D eigenvalue weighted by molar-refractivity contribution is -0.131. The summed E-state index contributed by atoms with van der Waals surface area (Å²) >= 11 is 11.5. The van der Waals surface area contributed by atoms with Crippen molar-refractivity contribution in [3.05, 3.63) is 71.8 Å². The Morgan fingerprint density at radius 1 is 0.714 bits per heavy atom. The molecule has 2 rings (SSSR count). The summed E-state index contributed by atoms with van der Waals surface area (Å²) in [5, 5.41) is -1.45. The molecule has 21 heavy (non-hydrogen) atoms. The van der Waals surface area contributed by atoms with Gasteiger partial charge in [-0.3, -0.25) is 9.59 Å². The molecular formula is C17H14Cl2O2. The summed E-state index contributed by atoms with van der Waals surface area (Å²) < 4.78 is 0. The van der Waals surface area contributed by atoms with Crippen LogP contribution in [0.3, 0.4) is 0 Å². The van der Waals surface area contributed by atoms with Gasteiger partial charge in [-0.2, -0.15) is 0 Å². The van der Waals surface area contributed by atoms with Gasteiger partial charge in [-0.1, -0.05) is 60.7 Å². The lowest BCUT2D eigenvalue weighted by Gasteiger charge is -2.26. The van der Waals surface area contributed by atoms with Crippen molar-refractivity contribution in [3.8, 4) is 0 Å². The maximum absolute atomic E-state index is 12.0. The fourth-order valence-electron chi connectivity index (χ4n) is 2.31. The predicted molar refractivity (Wildman–Crippen MR) is 84.4 cm³/mol. The lowest BCUT2D eigenvalue weighted by Crippen LogP contribution is -2.38. The van der Waals surface area contributed by atoms with Crippen LogP contribution in [0.1, 0.15) is 11.1 Å². The number of hydrogen-bond acceptors (Lipinski definition) is 2. The van der Waals surface area contributed by atoms with E-state index in [1.165, 1.54) is 0 Å². The minimum absolute atomic E-state index is 0.188. The minimum Gasteiger partial charge on any atom is -0.280 e. The molecule has 0 aromatic heterocycles. The molecule has 0 atom stereocenters. The van der Waals surface area contributed by atoms with Crippen molar-refractivity contribution in [2.24, 2.45) is 5.41 Å². The summed E-state index contributed by atoms with van der Waals surface area (Å²) in [6.45, 7) is 0. The molecule has 0 heterocycles. The van der Waals surface area contributed by atoms with E-state index in [0.717, 1.165) is 11.1 Å². The van der Waals surface area contributed by atoms with Crippen LogP contribution >= 0.6 is 23.2 Å². The fourth-order valence-corrected chi connectivity index (χ4v) is 2.79. The summed E-state index contributed by atoms with van der Waals surface area (Å²) in [6.07, 6.45) is 0.376. The maximum Gasteiger partial charge on any atom is 0.237 e. The quantitative estimate of drug-likeness (QED) is 0.595. The molecule has 0 aliphatic heterocycles. The van der Waals surface area contributed by atoms with E-state index in [9.17, 15) is 9.59 Å². The second-order valence-corrected chi connectivity index (χ2v) is 5.64. The molecule has 4 heteroatoms. The van der Waals surface area contributed by atoms with Crippen molar-refractivity contribution in [2.75, 3.05) is 0 Å². The molecular weight excluding hydrogens is 307 g/mol. The van der Waals surface area contributed by atoms with E-state index in [4.69, 9.17) is 23.2 Å². The van der Waals surface area contributed by atoms with Gasteiger partial charge in [0.15, 0.2) is 0 Å². The van der Waals surface area contributed by atoms with Crippen LogP contribution in [0.4, 0.5) is 0 Å². The van der Waals surface area contributed by atoms with Gasteiger partial charge in [-0.25, -0.2) is 0 Å². The number of benzene rings is 2. The smallest absolute Gasteiger partial charge is 0.237 e. The van der Waals surface area contributed by atoms with Crippen LogP contribution in [0.15, 0.2) is 60.7 Å². The van der Waals surface area contributed by atoms with Crippen LogP contribution in [0.25, 0.3) is 0 Å². The second kappa shape index (κ2) is 6.88. The van der Waals surface area contributed by atoms with Gasteiger partial charge in [-0.05, 0) is 47.2 Å². The highest BCUT2D eigenvalue weighted by atomic mass is 35.5. The molecule has 2 aromatic carbocycles. The molecule has 0 amide bonds. The zero-order valence-corrected chi connectivity index (χ0v) is 12.8. The molecule has 0 aliphatic rings. The molecule has 108 valence electrons. The Labute approximate surface area is 133 Å². The number of carbonyl (C=O) groups is 2. The normalized spacial score (nSPS) is 11.1. The Bertz CT molecular complexity index is 566. The summed E-state index contributed by atoms with van der Waals surface area (Å²) in [5.41, 5.74) is 0.249. The van der Waals surface area contributed by atoms with E-state index in [0.29, 0.717) is 0 Å². The summed E-state index contributed by atoms with van der Waals surface area (Å²) in [7, 11) is 0. The first-order valence-electron chi connectivity index (χ1n) is 6.52. The molecule has 0 saturated carbocycles. The van der Waals surface area contributed by atoms with Crippen LogP contribution in [-0.4, -0.2) is 10.5 Å². The number of halogens is 2. The summed E-state index contributed by atoms with van der Waals surface area (Å²) in [4.78, 5) is 24.0. The third-order valence-corrected chi connectivity index (χ3v) is 4.17. The number of hydrogen-bond donors (Lipinski definition) is 0. The van der Waals surface area contributed by atoms with Crippen LogP contribution in [-0.2, 0) is 22.4 Å². The van der Waals surface area contributed by atoms with E-state index in [2.05, 4.69) is 0 Å². The van der Waals surface area contributed by atoms with Crippen molar-refractivity contribution in [2.45, 2.75) is 12.8 Å². The van der Waals surface area contributed by atoms with Gasteiger partial charge in [0.2, 0.25) is 10.5 Å². The van der Waals surface area contributed by atoms with Crippen molar-refractivity contribution in [3.63, 3.8) is 0 Å². The van der Waals surface area contributed by atoms with Gasteiger partial charge in [0, 0.05) is 0 Å². The Kier molecular flexibility index (Phi) is 5.16. The Hall–Kier alpha value is -1.64. The van der Waals surface area contributed by atoms with E-state index in [1.54, 1.807) is 0 Å². The Balaban J connectivity index is 2.38. The van der Waals surface area contributed by atoms with Crippen molar-refractivity contribution in [1.82, 2.24) is 0 Å². The molecule has 2 nitrogen and oxygen atoms in total. The molecule has 0 bridgehead atoms. The molecule has 0 N–H and O–H groups in total. The van der Waals surface area contributed by atoms with Crippen molar-refractivity contribution in [1.29, 1.82) is 0 Å². The van der Waals surface area contributed by atoms with E-state index in [1.807, 2.05) is 60.7 Å². The first kappa shape index (κ1) is 15.7. The SMILES string of the molecule is O=C(Cl)C(Cc1ccccc1)(Cc1ccccc1)C(=O)Cl. The molecule has 0 spiro atoms. The second-order valence-electron chi connectivity index (χ2n) is 4.95. The zero-order chi connectivity index (χ0) is 15.3. The van der Waals surface area contributed by atoms with Gasteiger partial charge in [0.25, 0.3) is 0 Å². The van der Waals surface area contributed by atoms with Gasteiger partial charge in [0.1, 0.15) is 5.41 Å². The third-order valence-electron chi connectivity index (χ3n) is 3.45. The van der Waals surface area contributed by atoms with Crippen LogP contribution in [0.5, 0.6) is 0 Å². The van der Waals surface area contributed by atoms with Gasteiger partial charge in [-0.15, -0.1) is 0 Å². The van der Waals surface area contributed by atoms with E-state index in [-0.39, 0.29) is 12.8 Å². The zero-order valence-electron chi connectivity index (χ0n) is 11.3. The first-order chi connectivity index (χ1) is 10.0. The fraction of sp³-hybridized carbons (Fsp3) is 0.176.